The van der Waals surface area contributed by atoms with E-state index in [2.05, 4.69) is 175 Å². The molecule has 2 nitrogen and oxygen atoms in total. The third-order valence-corrected chi connectivity index (χ3v) is 15.2. The molecular weight excluding hydrogens is 788 g/mol. The Bertz CT molecular complexity index is 3250. The summed E-state index contributed by atoms with van der Waals surface area (Å²) in [6, 6.07) is 59.6. The van der Waals surface area contributed by atoms with E-state index in [0.29, 0.717) is 0 Å². The Morgan fingerprint density at radius 1 is 0.611 bits per heavy atom. The fourth-order valence-electron chi connectivity index (χ4n) is 8.28. The van der Waals surface area contributed by atoms with Crippen LogP contribution in [0, 0.1) is 3.57 Å². The molecule has 0 amide bonds. The van der Waals surface area contributed by atoms with Crippen LogP contribution >= 0.6 is 11.3 Å². The average molecular weight is 820 g/mol. The van der Waals surface area contributed by atoms with Gasteiger partial charge in [0.2, 0.25) is 0 Å². The van der Waals surface area contributed by atoms with Crippen LogP contribution in [0.25, 0.3) is 85.8 Å². The summed E-state index contributed by atoms with van der Waals surface area (Å²) in [7, 11) is 0. The second-order valence-electron chi connectivity index (χ2n) is 14.0. The summed E-state index contributed by atoms with van der Waals surface area (Å²) in [5, 5.41) is 10.2. The molecule has 0 spiro atoms. The summed E-state index contributed by atoms with van der Waals surface area (Å²) < 4.78 is 7.65. The van der Waals surface area contributed by atoms with E-state index in [1.165, 1.54) is 87.5 Å². The summed E-state index contributed by atoms with van der Waals surface area (Å²) in [4.78, 5) is 5.77. The molecule has 1 aliphatic heterocycles. The average Bonchev–Trinajstić information content (AvgIpc) is 3.88. The molecule has 0 radical (unpaired) electrons. The van der Waals surface area contributed by atoms with Crippen molar-refractivity contribution in [2.24, 2.45) is 4.99 Å². The van der Waals surface area contributed by atoms with Crippen molar-refractivity contribution in [3.05, 3.63) is 189 Å². The third kappa shape index (κ3) is 4.80. The number of rotatable bonds is 4. The van der Waals surface area contributed by atoms with Crippen molar-refractivity contribution < 1.29 is 21.2 Å². The van der Waals surface area contributed by atoms with Gasteiger partial charge in [-0.3, -0.25) is 0 Å². The molecule has 54 heavy (non-hydrogen) atoms. The number of halogens is 1. The molecule has 0 saturated carbocycles. The van der Waals surface area contributed by atoms with Crippen molar-refractivity contribution in [1.82, 2.24) is 4.57 Å². The predicted molar refractivity (Wildman–Crippen MR) is 229 cm³/mol. The number of para-hydroxylation sites is 1. The van der Waals surface area contributed by atoms with Gasteiger partial charge in [0, 0.05) is 0 Å². The third-order valence-electron chi connectivity index (χ3n) is 10.9. The van der Waals surface area contributed by atoms with Gasteiger partial charge >= 0.3 is 329 Å². The van der Waals surface area contributed by atoms with Gasteiger partial charge in [-0.15, -0.1) is 0 Å². The number of hydrogen-bond acceptors (Lipinski definition) is 2. The van der Waals surface area contributed by atoms with Crippen molar-refractivity contribution in [3.63, 3.8) is 0 Å². The Labute approximate surface area is 327 Å². The fraction of sp³-hybridized carbons (Fsp3) is 0.0200. The van der Waals surface area contributed by atoms with Crippen LogP contribution in [0.5, 0.6) is 0 Å². The molecule has 0 unspecified atom stereocenters. The van der Waals surface area contributed by atoms with E-state index in [0.717, 1.165) is 22.5 Å². The van der Waals surface area contributed by atoms with E-state index in [1.807, 2.05) is 11.3 Å². The van der Waals surface area contributed by atoms with Gasteiger partial charge in [-0.05, 0) is 0 Å². The van der Waals surface area contributed by atoms with Gasteiger partial charge in [-0.2, -0.15) is 0 Å². The van der Waals surface area contributed by atoms with Crippen LogP contribution in [0.15, 0.2) is 179 Å². The molecule has 0 atom stereocenters. The number of benzene rings is 8. The molecule has 1 aliphatic rings. The second-order valence-corrected chi connectivity index (χ2v) is 17.7. The van der Waals surface area contributed by atoms with Gasteiger partial charge in [0.05, 0.1) is 0 Å². The molecule has 3 heterocycles. The maximum absolute atomic E-state index is 5.77. The molecule has 256 valence electrons. The SMILES string of the molecule is C=C(C(=NC1=C(C)c2ccccc2[I-]1)n1c2ccccc2c2c3ccccc3c3c4cc5ccccc5cc4sc3c21)c1ccc(-c2ccccc2)cc1. The Balaban J connectivity index is 1.25. The first-order valence-corrected chi connectivity index (χ1v) is 21.2. The summed E-state index contributed by atoms with van der Waals surface area (Å²) in [5.41, 5.74) is 9.29. The van der Waals surface area contributed by atoms with Gasteiger partial charge in [0.15, 0.2) is 0 Å². The van der Waals surface area contributed by atoms with Crippen molar-refractivity contribution in [1.29, 1.82) is 0 Å². The summed E-state index contributed by atoms with van der Waals surface area (Å²) in [6.45, 7) is 7.12. The van der Waals surface area contributed by atoms with Crippen LogP contribution in [-0.2, 0) is 0 Å². The molecule has 8 aromatic carbocycles. The normalized spacial score (nSPS) is 13.5. The van der Waals surface area contributed by atoms with E-state index in [4.69, 9.17) is 11.6 Å². The van der Waals surface area contributed by atoms with E-state index < -0.39 is 21.2 Å². The molecule has 11 rings (SSSR count). The van der Waals surface area contributed by atoms with Crippen LogP contribution in [0.4, 0.5) is 0 Å². The molecule has 10 aromatic rings. The van der Waals surface area contributed by atoms with Crippen molar-refractivity contribution >= 4 is 91.8 Å². The minimum atomic E-state index is -0.474. The second kappa shape index (κ2) is 12.4. The zero-order valence-corrected chi connectivity index (χ0v) is 32.5. The van der Waals surface area contributed by atoms with Crippen molar-refractivity contribution in [2.75, 3.05) is 0 Å². The van der Waals surface area contributed by atoms with Gasteiger partial charge in [0.1, 0.15) is 0 Å². The van der Waals surface area contributed by atoms with Crippen LogP contribution in [-0.4, -0.2) is 10.4 Å². The standard InChI is InChI=1S/C50H32IN2S/c1-30(32-24-26-34(27-25-32)33-14-4-3-5-15-33)50(52-49-31(2)37-18-10-12-22-42(37)51-49)53-43-23-13-11-21-40(43)45-38-19-8-9-20-39(38)46-41-28-35-16-6-7-17-36(35)29-44(41)54-48(46)47(45)53/h3-29H,1H2,2H3/q-1. The van der Waals surface area contributed by atoms with Gasteiger partial charge < -0.3 is 0 Å². The number of allylic oxidation sites excluding steroid dienone is 2. The van der Waals surface area contributed by atoms with E-state index in [9.17, 15) is 0 Å². The number of nitrogens with zero attached hydrogens (tertiary/aromatic N) is 2. The first kappa shape index (κ1) is 31.7. The van der Waals surface area contributed by atoms with Gasteiger partial charge in [0.25, 0.3) is 0 Å². The first-order valence-electron chi connectivity index (χ1n) is 18.2. The first-order chi connectivity index (χ1) is 26.6. The number of aliphatic imine (C=N–C) groups is 1. The molecule has 0 bridgehead atoms. The topological polar surface area (TPSA) is 17.3 Å². The molecular formula is C50H32IN2S-. The maximum atomic E-state index is 5.77. The number of hydrogen-bond donors (Lipinski definition) is 0. The predicted octanol–water partition coefficient (Wildman–Crippen LogP) is 10.8. The molecule has 0 aliphatic carbocycles. The Morgan fingerprint density at radius 2 is 1.24 bits per heavy atom. The van der Waals surface area contributed by atoms with Crippen molar-refractivity contribution in [3.8, 4) is 11.1 Å². The number of fused-ring (bicyclic) bond motifs is 12. The number of aromatic nitrogens is 1. The molecule has 0 fully saturated rings. The van der Waals surface area contributed by atoms with E-state index in [1.54, 1.807) is 0 Å². The Kier molecular flexibility index (Phi) is 7.26. The number of thiophene rings is 1. The molecule has 0 N–H and O–H groups in total. The molecule has 2 aromatic heterocycles. The molecule has 0 saturated heterocycles. The Morgan fingerprint density at radius 3 is 2.02 bits per heavy atom. The van der Waals surface area contributed by atoms with E-state index >= 15 is 0 Å². The zero-order chi connectivity index (χ0) is 35.9. The van der Waals surface area contributed by atoms with Crippen LogP contribution < -0.4 is 21.2 Å². The summed E-state index contributed by atoms with van der Waals surface area (Å²) in [6.07, 6.45) is 0. The Hall–Kier alpha value is -5.82. The molecule has 4 heteroatoms. The van der Waals surface area contributed by atoms with E-state index in [-0.39, 0.29) is 0 Å². The minimum absolute atomic E-state index is 0.474. The van der Waals surface area contributed by atoms with Crippen molar-refractivity contribution in [2.45, 2.75) is 6.92 Å². The fourth-order valence-corrected chi connectivity index (χ4v) is 12.4. The van der Waals surface area contributed by atoms with Crippen LogP contribution in [0.3, 0.4) is 0 Å². The van der Waals surface area contributed by atoms with Gasteiger partial charge in [-0.25, -0.2) is 0 Å². The summed E-state index contributed by atoms with van der Waals surface area (Å²) >= 11 is 1.42. The summed E-state index contributed by atoms with van der Waals surface area (Å²) in [5.74, 6) is 0.884. The monoisotopic (exact) mass is 819 g/mol. The van der Waals surface area contributed by atoms with Crippen LogP contribution in [0.2, 0.25) is 0 Å². The van der Waals surface area contributed by atoms with Gasteiger partial charge in [-0.1, -0.05) is 0 Å². The zero-order valence-electron chi connectivity index (χ0n) is 29.5. The quantitative estimate of drug-likeness (QED) is 0.0729. The van der Waals surface area contributed by atoms with Crippen LogP contribution in [0.1, 0.15) is 18.1 Å².